The summed E-state index contributed by atoms with van der Waals surface area (Å²) in [6.07, 6.45) is -2.46. The van der Waals surface area contributed by atoms with Gasteiger partial charge in [-0.15, -0.1) is 0 Å². The predicted molar refractivity (Wildman–Crippen MR) is 191 cm³/mol. The maximum Gasteiger partial charge on any atom is 0.348 e. The minimum absolute atomic E-state index is 0.0257. The van der Waals surface area contributed by atoms with E-state index in [1.807, 2.05) is 24.3 Å². The molecule has 4 heterocycles. The second-order valence-electron chi connectivity index (χ2n) is 16.1. The molecule has 4 aliphatic heterocycles. The lowest BCUT2D eigenvalue weighted by atomic mass is 9.62. The van der Waals surface area contributed by atoms with Crippen LogP contribution in [0.4, 0.5) is 0 Å². The maximum absolute atomic E-state index is 14.8. The molecule has 16 heteroatoms. The number of nitrogens with zero attached hydrogens (tertiary/aromatic N) is 1. The number of hydroxylamine groups is 2. The summed E-state index contributed by atoms with van der Waals surface area (Å²) in [5, 5.41) is 26.5. The Hall–Kier alpha value is -4.71. The number of hydrogen-bond donors (Lipinski definition) is 4. The number of nitrogens with one attached hydrogen (secondary N) is 2. The van der Waals surface area contributed by atoms with E-state index in [1.165, 1.54) is 24.1 Å². The van der Waals surface area contributed by atoms with Gasteiger partial charge in [-0.05, 0) is 35.3 Å². The van der Waals surface area contributed by atoms with Gasteiger partial charge in [-0.3, -0.25) is 19.2 Å². The Kier molecular flexibility index (Phi) is 9.78. The van der Waals surface area contributed by atoms with E-state index in [0.29, 0.717) is 24.0 Å². The lowest BCUT2D eigenvalue weighted by molar-refractivity contribution is -0.217. The molecule has 2 amide bonds. The molecule has 9 unspecified atom stereocenters. The highest BCUT2D eigenvalue weighted by atomic mass is 16.8. The lowest BCUT2D eigenvalue weighted by Crippen LogP contribution is -2.71. The SMILES string of the molecule is CC(O)C(NC(=O)C12CC3OC(=O)C1N(Cc1ccccc1C=CC(=O)OC1C(=O)OCC1(C)C)OC2C1OC2(Cc4ccccc4C2)OC31)C(=O)NCCO. The highest BCUT2D eigenvalue weighted by Crippen LogP contribution is 2.58. The van der Waals surface area contributed by atoms with Crippen LogP contribution >= 0.6 is 0 Å². The zero-order chi connectivity index (χ0) is 39.6. The van der Waals surface area contributed by atoms with Crippen molar-refractivity contribution in [2.75, 3.05) is 19.8 Å². The van der Waals surface area contributed by atoms with Crippen molar-refractivity contribution in [1.29, 1.82) is 0 Å². The van der Waals surface area contributed by atoms with E-state index < -0.39 is 95.0 Å². The molecule has 2 bridgehead atoms. The first-order chi connectivity index (χ1) is 26.7. The number of benzene rings is 2. The fourth-order valence-electron chi connectivity index (χ4n) is 8.99. The number of amides is 2. The van der Waals surface area contributed by atoms with Crippen LogP contribution in [0.25, 0.3) is 6.08 Å². The number of aliphatic hydroxyl groups is 2. The average molecular weight is 776 g/mol. The van der Waals surface area contributed by atoms with E-state index in [1.54, 1.807) is 38.1 Å². The summed E-state index contributed by atoms with van der Waals surface area (Å²) in [6, 6.07) is 12.2. The van der Waals surface area contributed by atoms with Crippen LogP contribution in [0.3, 0.4) is 0 Å². The number of rotatable bonds is 11. The van der Waals surface area contributed by atoms with Gasteiger partial charge in [-0.25, -0.2) is 9.59 Å². The van der Waals surface area contributed by atoms with E-state index in [0.717, 1.165) is 11.1 Å². The molecule has 4 saturated heterocycles. The highest BCUT2D eigenvalue weighted by Gasteiger charge is 2.76. The zero-order valence-corrected chi connectivity index (χ0v) is 31.2. The fourth-order valence-corrected chi connectivity index (χ4v) is 8.99. The molecule has 16 nitrogen and oxygen atoms in total. The van der Waals surface area contributed by atoms with Crippen LogP contribution in [0.2, 0.25) is 0 Å². The lowest BCUT2D eigenvalue weighted by Gasteiger charge is -2.49. The number of cyclic esters (lactones) is 1. The maximum atomic E-state index is 14.8. The molecule has 4 N–H and O–H groups in total. The quantitative estimate of drug-likeness (QED) is 0.137. The molecule has 2 aliphatic carbocycles. The van der Waals surface area contributed by atoms with Crippen molar-refractivity contribution >= 4 is 35.8 Å². The minimum Gasteiger partial charge on any atom is -0.462 e. The standard InChI is InChI=1S/C40H45N3O13/c1-21(45)28(34(47)41-14-15-44)42-37(50)40-18-26-29-30(55-39(54-29)16-23-9-5-6-10-24(23)17-39)32(40)56-43(31(40)35(48)52-26)19-25-11-7-4-8-22(25)12-13-27(46)53-33-36(49)51-20-38(33,2)3/h4-13,21,26,28-33,44-45H,14-20H2,1-3H3,(H,41,47)(H,42,50). The van der Waals surface area contributed by atoms with E-state index >= 15 is 0 Å². The predicted octanol–water partition coefficient (Wildman–Crippen LogP) is 0.248. The Bertz CT molecular complexity index is 1940. The van der Waals surface area contributed by atoms with Crippen LogP contribution in [-0.4, -0.2) is 119 Å². The number of hydrogen-bond acceptors (Lipinski definition) is 14. The van der Waals surface area contributed by atoms with Gasteiger partial charge < -0.3 is 44.5 Å². The first-order valence-corrected chi connectivity index (χ1v) is 18.8. The Morgan fingerprint density at radius 1 is 1.02 bits per heavy atom. The smallest absolute Gasteiger partial charge is 0.348 e. The summed E-state index contributed by atoms with van der Waals surface area (Å²) in [7, 11) is 0. The topological polar surface area (TPSA) is 208 Å². The molecule has 2 aromatic rings. The highest BCUT2D eigenvalue weighted by molar-refractivity contribution is 5.96. The van der Waals surface area contributed by atoms with Crippen molar-refractivity contribution in [2.24, 2.45) is 10.8 Å². The van der Waals surface area contributed by atoms with Gasteiger partial charge in [-0.1, -0.05) is 62.4 Å². The Morgan fingerprint density at radius 3 is 2.39 bits per heavy atom. The Balaban J connectivity index is 1.11. The van der Waals surface area contributed by atoms with Crippen LogP contribution in [0.5, 0.6) is 0 Å². The van der Waals surface area contributed by atoms with Gasteiger partial charge in [0, 0.05) is 37.3 Å². The minimum atomic E-state index is -1.66. The number of fused-ring (bicyclic) bond motifs is 5. The van der Waals surface area contributed by atoms with Crippen LogP contribution in [0.15, 0.2) is 54.6 Å². The van der Waals surface area contributed by atoms with Crippen LogP contribution in [-0.2, 0) is 71.9 Å². The fraction of sp³-hybridized carbons (Fsp3) is 0.525. The van der Waals surface area contributed by atoms with Gasteiger partial charge in [0.05, 0.1) is 19.3 Å². The summed E-state index contributed by atoms with van der Waals surface area (Å²) >= 11 is 0. The Labute approximate surface area is 322 Å². The third kappa shape index (κ3) is 6.47. The van der Waals surface area contributed by atoms with Crippen molar-refractivity contribution < 1.29 is 62.7 Å². The number of carbonyl (C=O) groups excluding carboxylic acids is 5. The molecule has 2 aromatic carbocycles. The molecule has 1 saturated carbocycles. The van der Waals surface area contributed by atoms with Gasteiger partial charge in [-0.2, -0.15) is 5.06 Å². The third-order valence-electron chi connectivity index (χ3n) is 11.7. The van der Waals surface area contributed by atoms with Gasteiger partial charge in [0.2, 0.25) is 17.9 Å². The molecule has 5 fully saturated rings. The Morgan fingerprint density at radius 2 is 1.71 bits per heavy atom. The third-order valence-corrected chi connectivity index (χ3v) is 11.7. The van der Waals surface area contributed by atoms with E-state index in [2.05, 4.69) is 10.6 Å². The summed E-state index contributed by atoms with van der Waals surface area (Å²) < 4.78 is 30.0. The van der Waals surface area contributed by atoms with E-state index in [9.17, 15) is 34.2 Å². The molecule has 6 aliphatic rings. The molecule has 9 atom stereocenters. The molecule has 8 rings (SSSR count). The number of aliphatic hydroxyl groups excluding tert-OH is 2. The summed E-state index contributed by atoms with van der Waals surface area (Å²) in [5.74, 6) is -4.63. The van der Waals surface area contributed by atoms with E-state index in [4.69, 9.17) is 28.5 Å². The van der Waals surface area contributed by atoms with Crippen molar-refractivity contribution in [3.05, 3.63) is 76.9 Å². The zero-order valence-electron chi connectivity index (χ0n) is 31.2. The van der Waals surface area contributed by atoms with Crippen LogP contribution in [0.1, 0.15) is 49.4 Å². The number of ether oxygens (including phenoxy) is 5. The normalized spacial score (nSPS) is 31.7. The van der Waals surface area contributed by atoms with E-state index in [-0.39, 0.29) is 32.7 Å². The molecule has 56 heavy (non-hydrogen) atoms. The average Bonchev–Trinajstić information content (AvgIpc) is 3.90. The van der Waals surface area contributed by atoms with Gasteiger partial charge in [0.1, 0.15) is 42.5 Å². The molecule has 1 spiro atoms. The van der Waals surface area contributed by atoms with Gasteiger partial charge in [0.15, 0.2) is 11.8 Å². The molecule has 0 radical (unpaired) electrons. The van der Waals surface area contributed by atoms with Crippen molar-refractivity contribution in [2.45, 2.75) is 101 Å². The molecule has 298 valence electrons. The van der Waals surface area contributed by atoms with Crippen molar-refractivity contribution in [3.8, 4) is 0 Å². The molecule has 0 aromatic heterocycles. The van der Waals surface area contributed by atoms with Crippen molar-refractivity contribution in [1.82, 2.24) is 15.7 Å². The van der Waals surface area contributed by atoms with Crippen molar-refractivity contribution in [3.63, 3.8) is 0 Å². The summed E-state index contributed by atoms with van der Waals surface area (Å²) in [5.41, 5.74) is 0.926. The first-order valence-electron chi connectivity index (χ1n) is 18.8. The first kappa shape index (κ1) is 38.2. The van der Waals surface area contributed by atoms with Crippen LogP contribution < -0.4 is 10.6 Å². The van der Waals surface area contributed by atoms with Gasteiger partial charge >= 0.3 is 17.9 Å². The van der Waals surface area contributed by atoms with Crippen LogP contribution in [0, 0.1) is 10.8 Å². The second-order valence-corrected chi connectivity index (χ2v) is 16.1. The monoisotopic (exact) mass is 775 g/mol. The van der Waals surface area contributed by atoms with Gasteiger partial charge in [0.25, 0.3) is 0 Å². The number of carbonyl (C=O) groups is 5. The molecular weight excluding hydrogens is 730 g/mol. The summed E-state index contributed by atoms with van der Waals surface area (Å²) in [6.45, 7) is 4.50. The largest absolute Gasteiger partial charge is 0.462 e. The summed E-state index contributed by atoms with van der Waals surface area (Å²) in [4.78, 5) is 73.9. The molecular formula is C40H45N3O13. The number of esters is 3. The second kappa shape index (κ2) is 14.3.